The van der Waals surface area contributed by atoms with E-state index in [0.29, 0.717) is 12.2 Å². The van der Waals surface area contributed by atoms with Crippen LogP contribution in [0.2, 0.25) is 0 Å². The van der Waals surface area contributed by atoms with Crippen LogP contribution in [0.3, 0.4) is 0 Å². The largest absolute Gasteiger partial charge is 0.352 e. The Morgan fingerprint density at radius 1 is 1.42 bits per heavy atom. The van der Waals surface area contributed by atoms with Crippen molar-refractivity contribution in [1.82, 2.24) is 10.2 Å². The van der Waals surface area contributed by atoms with Crippen LogP contribution in [-0.2, 0) is 6.54 Å². The number of hydrogen-bond donors (Lipinski definition) is 2. The van der Waals surface area contributed by atoms with Crippen LogP contribution in [0.1, 0.15) is 18.4 Å². The van der Waals surface area contributed by atoms with Crippen molar-refractivity contribution >= 4 is 11.7 Å². The summed E-state index contributed by atoms with van der Waals surface area (Å²) in [6, 6.07) is 6.03. The van der Waals surface area contributed by atoms with Crippen LogP contribution < -0.4 is 11.1 Å². The Bertz CT molecular complexity index is 417. The van der Waals surface area contributed by atoms with Crippen molar-refractivity contribution < 1.29 is 4.79 Å². The zero-order valence-electron chi connectivity index (χ0n) is 11.1. The van der Waals surface area contributed by atoms with Crippen molar-refractivity contribution in [1.29, 1.82) is 0 Å². The third-order valence-corrected chi connectivity index (χ3v) is 2.81. The summed E-state index contributed by atoms with van der Waals surface area (Å²) in [5.41, 5.74) is 6.00. The normalized spacial score (nSPS) is 14.4. The molecule has 2 rings (SSSR count). The van der Waals surface area contributed by atoms with Crippen LogP contribution in [-0.4, -0.2) is 31.1 Å². The number of amides is 2. The molecule has 2 amide bonds. The maximum absolute atomic E-state index is 10.4. The van der Waals surface area contributed by atoms with Gasteiger partial charge in [0.05, 0.1) is 0 Å². The van der Waals surface area contributed by atoms with E-state index in [-0.39, 0.29) is 0 Å². The molecule has 1 aliphatic rings. The fourth-order valence-corrected chi connectivity index (χ4v) is 1.79. The first-order valence-electron chi connectivity index (χ1n) is 6.26. The standard InChI is InChI=1S/C8H9N3O2.C5H11N/c9-8(12)10-5-6-2-1-3-7(4-6)11-13;1-6-4-2-3-5-6/h1-4H,5H2,(H3,9,10,12);2-5H2,1H3. The first-order chi connectivity index (χ1) is 9.11. The van der Waals surface area contributed by atoms with Gasteiger partial charge in [-0.25, -0.2) is 4.79 Å². The van der Waals surface area contributed by atoms with Gasteiger partial charge in [-0.15, -0.1) is 4.91 Å². The summed E-state index contributed by atoms with van der Waals surface area (Å²) < 4.78 is 0. The highest BCUT2D eigenvalue weighted by atomic mass is 16.3. The van der Waals surface area contributed by atoms with E-state index in [1.54, 1.807) is 24.3 Å². The number of urea groups is 1. The third kappa shape index (κ3) is 6.52. The quantitative estimate of drug-likeness (QED) is 0.818. The molecule has 0 aromatic heterocycles. The molecule has 1 aliphatic heterocycles. The van der Waals surface area contributed by atoms with Gasteiger partial charge >= 0.3 is 6.03 Å². The topological polar surface area (TPSA) is 87.8 Å². The molecule has 0 unspecified atom stereocenters. The van der Waals surface area contributed by atoms with Gasteiger partial charge in [0.15, 0.2) is 0 Å². The van der Waals surface area contributed by atoms with Gasteiger partial charge in [0, 0.05) is 6.54 Å². The fourth-order valence-electron chi connectivity index (χ4n) is 1.79. The molecule has 0 saturated carbocycles. The molecule has 19 heavy (non-hydrogen) atoms. The summed E-state index contributed by atoms with van der Waals surface area (Å²) in [4.78, 5) is 22.8. The molecule has 104 valence electrons. The number of hydrogen-bond acceptors (Lipinski definition) is 4. The van der Waals surface area contributed by atoms with Gasteiger partial charge in [-0.05, 0) is 55.9 Å². The van der Waals surface area contributed by atoms with Crippen LogP contribution in [0, 0.1) is 4.91 Å². The molecule has 1 heterocycles. The molecule has 0 spiro atoms. The number of carbonyl (C=O) groups excluding carboxylic acids is 1. The number of nitrogens with zero attached hydrogens (tertiary/aromatic N) is 2. The van der Waals surface area contributed by atoms with Crippen LogP contribution in [0.4, 0.5) is 10.5 Å². The van der Waals surface area contributed by atoms with E-state index in [1.807, 2.05) is 0 Å². The van der Waals surface area contributed by atoms with Crippen molar-refractivity contribution in [2.24, 2.45) is 10.9 Å². The number of nitrogens with two attached hydrogens (primary N) is 1. The van der Waals surface area contributed by atoms with Crippen LogP contribution in [0.25, 0.3) is 0 Å². The maximum atomic E-state index is 10.4. The number of rotatable bonds is 3. The van der Waals surface area contributed by atoms with Crippen molar-refractivity contribution in [3.05, 3.63) is 34.7 Å². The number of primary amides is 1. The van der Waals surface area contributed by atoms with Crippen molar-refractivity contribution in [3.63, 3.8) is 0 Å². The second-order valence-corrected chi connectivity index (χ2v) is 4.49. The molecule has 0 atom stereocenters. The lowest BCUT2D eigenvalue weighted by Gasteiger charge is -2.01. The second kappa shape index (κ2) is 8.20. The second-order valence-electron chi connectivity index (χ2n) is 4.49. The molecule has 0 bridgehead atoms. The molecule has 1 fully saturated rings. The van der Waals surface area contributed by atoms with E-state index < -0.39 is 6.03 Å². The average molecular weight is 264 g/mol. The minimum atomic E-state index is -0.593. The van der Waals surface area contributed by atoms with Gasteiger partial charge in [-0.3, -0.25) is 0 Å². The first kappa shape index (κ1) is 15.1. The van der Waals surface area contributed by atoms with Gasteiger partial charge < -0.3 is 16.0 Å². The molecule has 1 saturated heterocycles. The Morgan fingerprint density at radius 3 is 2.58 bits per heavy atom. The Balaban J connectivity index is 0.000000250. The minimum Gasteiger partial charge on any atom is -0.352 e. The zero-order chi connectivity index (χ0) is 14.1. The van der Waals surface area contributed by atoms with E-state index in [2.05, 4.69) is 22.4 Å². The predicted molar refractivity (Wildman–Crippen MR) is 75.1 cm³/mol. The Hall–Kier alpha value is -1.95. The van der Waals surface area contributed by atoms with E-state index in [0.717, 1.165) is 5.56 Å². The fraction of sp³-hybridized carbons (Fsp3) is 0.462. The molecule has 6 heteroatoms. The van der Waals surface area contributed by atoms with E-state index in [4.69, 9.17) is 5.73 Å². The number of likely N-dealkylation sites (tertiary alicyclic amines) is 1. The smallest absolute Gasteiger partial charge is 0.312 e. The monoisotopic (exact) mass is 264 g/mol. The zero-order valence-corrected chi connectivity index (χ0v) is 11.1. The highest BCUT2D eigenvalue weighted by Crippen LogP contribution is 2.12. The third-order valence-electron chi connectivity index (χ3n) is 2.81. The van der Waals surface area contributed by atoms with E-state index in [1.165, 1.54) is 25.9 Å². The lowest BCUT2D eigenvalue weighted by atomic mass is 10.2. The van der Waals surface area contributed by atoms with Crippen molar-refractivity contribution in [3.8, 4) is 0 Å². The van der Waals surface area contributed by atoms with Crippen LogP contribution >= 0.6 is 0 Å². The first-order valence-corrected chi connectivity index (χ1v) is 6.26. The Morgan fingerprint density at radius 2 is 2.11 bits per heavy atom. The summed E-state index contributed by atoms with van der Waals surface area (Å²) in [6.07, 6.45) is 2.83. The van der Waals surface area contributed by atoms with E-state index >= 15 is 0 Å². The molecule has 0 aliphatic carbocycles. The molecular weight excluding hydrogens is 244 g/mol. The molecular formula is C13H20N4O2. The molecule has 6 nitrogen and oxygen atoms in total. The number of benzene rings is 1. The SMILES string of the molecule is CN1CCCC1.NC(=O)NCc1cccc(N=O)c1. The molecule has 1 aromatic rings. The van der Waals surface area contributed by atoms with Crippen LogP contribution in [0.5, 0.6) is 0 Å². The Labute approximate surface area is 112 Å². The minimum absolute atomic E-state index is 0.304. The lowest BCUT2D eigenvalue weighted by molar-refractivity contribution is 0.248. The Kier molecular flexibility index (Phi) is 6.52. The van der Waals surface area contributed by atoms with Crippen molar-refractivity contribution in [2.45, 2.75) is 19.4 Å². The van der Waals surface area contributed by atoms with Gasteiger partial charge in [0.2, 0.25) is 0 Å². The lowest BCUT2D eigenvalue weighted by Crippen LogP contribution is -2.28. The summed E-state index contributed by atoms with van der Waals surface area (Å²) in [5, 5.41) is 5.17. The summed E-state index contributed by atoms with van der Waals surface area (Å²) in [5.74, 6) is 0. The highest BCUT2D eigenvalue weighted by Gasteiger charge is 2.03. The van der Waals surface area contributed by atoms with Crippen molar-refractivity contribution in [2.75, 3.05) is 20.1 Å². The average Bonchev–Trinajstić information content (AvgIpc) is 2.88. The van der Waals surface area contributed by atoms with Gasteiger partial charge in [-0.1, -0.05) is 12.1 Å². The molecule has 0 radical (unpaired) electrons. The van der Waals surface area contributed by atoms with E-state index in [9.17, 15) is 9.70 Å². The molecule has 1 aromatic carbocycles. The summed E-state index contributed by atoms with van der Waals surface area (Å²) in [6.45, 7) is 2.94. The van der Waals surface area contributed by atoms with Gasteiger partial charge in [0.25, 0.3) is 0 Å². The highest BCUT2D eigenvalue weighted by molar-refractivity contribution is 5.71. The summed E-state index contributed by atoms with van der Waals surface area (Å²) >= 11 is 0. The number of carbonyl (C=O) groups is 1. The summed E-state index contributed by atoms with van der Waals surface area (Å²) in [7, 11) is 2.17. The maximum Gasteiger partial charge on any atom is 0.312 e. The van der Waals surface area contributed by atoms with Gasteiger partial charge in [-0.2, -0.15) is 0 Å². The molecule has 3 N–H and O–H groups in total. The predicted octanol–water partition coefficient (Wildman–Crippen LogP) is 1.96. The number of nitrogens with one attached hydrogen (secondary N) is 1. The number of nitroso groups, excluding NO2 is 1. The van der Waals surface area contributed by atoms with Gasteiger partial charge in [0.1, 0.15) is 5.69 Å². The van der Waals surface area contributed by atoms with Crippen LogP contribution in [0.15, 0.2) is 29.4 Å².